The second kappa shape index (κ2) is 10.4. The van der Waals surface area contributed by atoms with Gasteiger partial charge in [-0.3, -0.25) is 0 Å². The fraction of sp³-hybridized carbons (Fsp3) is 0.375. The van der Waals surface area contributed by atoms with E-state index >= 15 is 0 Å². The maximum atomic E-state index is 5.35. The van der Waals surface area contributed by atoms with Gasteiger partial charge in [-0.25, -0.2) is 9.98 Å². The molecule has 0 atom stereocenters. The number of hydrogen-bond donors (Lipinski definition) is 2. The van der Waals surface area contributed by atoms with Crippen LogP contribution in [0.15, 0.2) is 35.5 Å². The van der Waals surface area contributed by atoms with Gasteiger partial charge in [0.25, 0.3) is 0 Å². The van der Waals surface area contributed by atoms with Gasteiger partial charge in [0.1, 0.15) is 10.8 Å². The van der Waals surface area contributed by atoms with E-state index in [9.17, 15) is 0 Å². The Balaban J connectivity index is 0.00000264. The molecule has 0 bridgehead atoms. The minimum absolute atomic E-state index is 0. The van der Waals surface area contributed by atoms with Gasteiger partial charge < -0.3 is 15.4 Å². The number of aryl methyl sites for hydroxylation is 1. The van der Waals surface area contributed by atoms with Gasteiger partial charge >= 0.3 is 0 Å². The summed E-state index contributed by atoms with van der Waals surface area (Å²) in [6, 6.07) is 7.92. The van der Waals surface area contributed by atoms with Crippen LogP contribution < -0.4 is 15.4 Å². The van der Waals surface area contributed by atoms with Crippen LogP contribution in [-0.2, 0) is 13.1 Å². The lowest BCUT2D eigenvalue weighted by atomic mass is 10.2. The number of thiazole rings is 1. The molecule has 0 aliphatic heterocycles. The Bertz CT molecular complexity index is 630. The summed E-state index contributed by atoms with van der Waals surface area (Å²) < 4.78 is 5.35. The zero-order valence-electron chi connectivity index (χ0n) is 13.6. The summed E-state index contributed by atoms with van der Waals surface area (Å²) in [5.41, 5.74) is 1.06. The van der Waals surface area contributed by atoms with Crippen molar-refractivity contribution in [2.45, 2.75) is 26.9 Å². The molecule has 1 heterocycles. The highest BCUT2D eigenvalue weighted by Crippen LogP contribution is 2.17. The molecule has 126 valence electrons. The molecule has 2 aromatic rings. The molecule has 0 saturated carbocycles. The standard InChI is InChI=1S/C16H22N4OS.HI/c1-4-17-16(20-11-15-18-9-12(2)22-15)19-10-13-7-5-6-8-14(13)21-3;/h5-9H,4,10-11H2,1-3H3,(H2,17,19,20);1H. The molecule has 23 heavy (non-hydrogen) atoms. The third-order valence-electron chi connectivity index (χ3n) is 3.02. The second-order valence-corrected chi connectivity index (χ2v) is 6.04. The quantitative estimate of drug-likeness (QED) is 0.406. The van der Waals surface area contributed by atoms with Gasteiger partial charge in [-0.1, -0.05) is 18.2 Å². The Labute approximate surface area is 158 Å². The first-order chi connectivity index (χ1) is 10.7. The molecule has 0 unspecified atom stereocenters. The first-order valence-corrected chi connectivity index (χ1v) is 8.10. The van der Waals surface area contributed by atoms with Crippen molar-refractivity contribution in [3.8, 4) is 5.75 Å². The first kappa shape index (κ1) is 19.7. The highest BCUT2D eigenvalue weighted by Gasteiger charge is 2.04. The maximum absolute atomic E-state index is 5.35. The molecule has 0 aliphatic carbocycles. The van der Waals surface area contributed by atoms with Crippen molar-refractivity contribution in [1.82, 2.24) is 15.6 Å². The van der Waals surface area contributed by atoms with Crippen molar-refractivity contribution in [3.63, 3.8) is 0 Å². The van der Waals surface area contributed by atoms with Gasteiger partial charge in [0.2, 0.25) is 0 Å². The SMILES string of the molecule is CCNC(=NCc1ccccc1OC)NCc1ncc(C)s1.I. The van der Waals surface area contributed by atoms with E-state index in [0.29, 0.717) is 13.1 Å². The summed E-state index contributed by atoms with van der Waals surface area (Å²) in [7, 11) is 1.68. The number of ether oxygens (including phenoxy) is 1. The van der Waals surface area contributed by atoms with Crippen LogP contribution in [0.2, 0.25) is 0 Å². The molecule has 7 heteroatoms. The lowest BCUT2D eigenvalue weighted by Gasteiger charge is -2.11. The number of aliphatic imine (C=N–C) groups is 1. The van der Waals surface area contributed by atoms with Crippen LogP contribution in [0.25, 0.3) is 0 Å². The van der Waals surface area contributed by atoms with E-state index in [-0.39, 0.29) is 24.0 Å². The number of nitrogens with zero attached hydrogens (tertiary/aromatic N) is 2. The highest BCUT2D eigenvalue weighted by molar-refractivity contribution is 14.0. The zero-order chi connectivity index (χ0) is 15.8. The number of guanidine groups is 1. The lowest BCUT2D eigenvalue weighted by molar-refractivity contribution is 0.410. The van der Waals surface area contributed by atoms with E-state index in [1.54, 1.807) is 18.4 Å². The summed E-state index contributed by atoms with van der Waals surface area (Å²) in [6.07, 6.45) is 1.89. The fourth-order valence-electron chi connectivity index (χ4n) is 1.98. The first-order valence-electron chi connectivity index (χ1n) is 7.28. The van der Waals surface area contributed by atoms with E-state index in [1.165, 1.54) is 4.88 Å². The van der Waals surface area contributed by atoms with Crippen molar-refractivity contribution in [3.05, 3.63) is 45.9 Å². The van der Waals surface area contributed by atoms with E-state index in [1.807, 2.05) is 37.4 Å². The Morgan fingerprint density at radius 3 is 2.74 bits per heavy atom. The van der Waals surface area contributed by atoms with Gasteiger partial charge in [-0.15, -0.1) is 35.3 Å². The van der Waals surface area contributed by atoms with Crippen LogP contribution in [0.4, 0.5) is 0 Å². The molecular weight excluding hydrogens is 423 g/mol. The Kier molecular flexibility index (Phi) is 8.93. The average molecular weight is 446 g/mol. The van der Waals surface area contributed by atoms with Crippen molar-refractivity contribution >= 4 is 41.3 Å². The van der Waals surface area contributed by atoms with Gasteiger partial charge in [-0.05, 0) is 19.9 Å². The van der Waals surface area contributed by atoms with Crippen molar-refractivity contribution in [2.75, 3.05) is 13.7 Å². The number of hydrogen-bond acceptors (Lipinski definition) is 4. The summed E-state index contributed by atoms with van der Waals surface area (Å²) >= 11 is 1.69. The molecule has 0 saturated heterocycles. The normalized spacial score (nSPS) is 10.8. The molecule has 5 nitrogen and oxygen atoms in total. The minimum atomic E-state index is 0. The number of aromatic nitrogens is 1. The molecule has 1 aromatic carbocycles. The average Bonchev–Trinajstić information content (AvgIpc) is 2.96. The van der Waals surface area contributed by atoms with Crippen molar-refractivity contribution < 1.29 is 4.74 Å². The number of rotatable bonds is 6. The topological polar surface area (TPSA) is 58.5 Å². The molecule has 0 aliphatic rings. The molecule has 0 fully saturated rings. The van der Waals surface area contributed by atoms with Crippen LogP contribution in [0.5, 0.6) is 5.75 Å². The molecule has 0 amide bonds. The minimum Gasteiger partial charge on any atom is -0.496 e. The highest BCUT2D eigenvalue weighted by atomic mass is 127. The van der Waals surface area contributed by atoms with Crippen molar-refractivity contribution in [1.29, 1.82) is 0 Å². The van der Waals surface area contributed by atoms with Gasteiger partial charge in [0.15, 0.2) is 5.96 Å². The predicted octanol–water partition coefficient (Wildman–Crippen LogP) is 3.33. The molecule has 0 radical (unpaired) electrons. The van der Waals surface area contributed by atoms with Crippen LogP contribution in [-0.4, -0.2) is 24.6 Å². The van der Waals surface area contributed by atoms with Crippen LogP contribution in [0.1, 0.15) is 22.4 Å². The molecule has 1 aromatic heterocycles. The molecule has 0 spiro atoms. The Morgan fingerprint density at radius 2 is 2.09 bits per heavy atom. The number of halogens is 1. The number of benzene rings is 1. The molecule has 2 N–H and O–H groups in total. The van der Waals surface area contributed by atoms with E-state index < -0.39 is 0 Å². The third kappa shape index (κ3) is 6.34. The van der Waals surface area contributed by atoms with Crippen molar-refractivity contribution in [2.24, 2.45) is 4.99 Å². The summed E-state index contributed by atoms with van der Waals surface area (Å²) in [5.74, 6) is 1.64. The Hall–Kier alpha value is -1.35. The smallest absolute Gasteiger partial charge is 0.191 e. The Morgan fingerprint density at radius 1 is 1.30 bits per heavy atom. The maximum Gasteiger partial charge on any atom is 0.191 e. The fourth-order valence-corrected chi connectivity index (χ4v) is 2.71. The molecule has 2 rings (SSSR count). The van der Waals surface area contributed by atoms with Gasteiger partial charge in [0, 0.05) is 23.2 Å². The van der Waals surface area contributed by atoms with Crippen LogP contribution in [0, 0.1) is 6.92 Å². The van der Waals surface area contributed by atoms with E-state index in [0.717, 1.165) is 28.8 Å². The van der Waals surface area contributed by atoms with E-state index in [4.69, 9.17) is 4.74 Å². The van der Waals surface area contributed by atoms with E-state index in [2.05, 4.69) is 27.5 Å². The monoisotopic (exact) mass is 446 g/mol. The summed E-state index contributed by atoms with van der Waals surface area (Å²) in [4.78, 5) is 10.2. The largest absolute Gasteiger partial charge is 0.496 e. The summed E-state index contributed by atoms with van der Waals surface area (Å²) in [5, 5.41) is 7.60. The molecular formula is C16H23IN4OS. The van der Waals surface area contributed by atoms with Crippen LogP contribution >= 0.6 is 35.3 Å². The summed E-state index contributed by atoms with van der Waals surface area (Å²) in [6.45, 7) is 6.16. The van der Waals surface area contributed by atoms with Crippen LogP contribution in [0.3, 0.4) is 0 Å². The number of nitrogens with one attached hydrogen (secondary N) is 2. The van der Waals surface area contributed by atoms with Gasteiger partial charge in [0.05, 0.1) is 20.2 Å². The predicted molar refractivity (Wildman–Crippen MR) is 107 cm³/mol. The zero-order valence-corrected chi connectivity index (χ0v) is 16.8. The lowest BCUT2D eigenvalue weighted by Crippen LogP contribution is -2.36. The number of methoxy groups -OCH3 is 1. The second-order valence-electron chi connectivity index (χ2n) is 4.73. The van der Waals surface area contributed by atoms with Gasteiger partial charge in [-0.2, -0.15) is 0 Å². The third-order valence-corrected chi connectivity index (χ3v) is 3.93. The number of para-hydroxylation sites is 1.